The zero-order valence-corrected chi connectivity index (χ0v) is 13.7. The molecule has 1 aromatic rings. The summed E-state index contributed by atoms with van der Waals surface area (Å²) in [5.41, 5.74) is 6.52. The highest BCUT2D eigenvalue weighted by Crippen LogP contribution is 2.39. The molecule has 0 bridgehead atoms. The standard InChI is InChI=1S/C17H28N2S/c1-3-15(18)17(16-9-4-12(2)20-16)19(10-13-5-6-13)11-14-7-8-14/h4,9,13-15,17H,3,5-8,10-11,18H2,1-2H3. The van der Waals surface area contributed by atoms with Gasteiger partial charge in [-0.15, -0.1) is 11.3 Å². The van der Waals surface area contributed by atoms with Crippen molar-refractivity contribution in [3.63, 3.8) is 0 Å². The second-order valence-electron chi connectivity index (χ2n) is 6.81. The molecule has 2 unspecified atom stereocenters. The van der Waals surface area contributed by atoms with Crippen molar-refractivity contribution in [2.45, 2.75) is 58.0 Å². The second kappa shape index (κ2) is 6.17. The number of hydrogen-bond donors (Lipinski definition) is 1. The molecular formula is C17H28N2S. The third-order valence-corrected chi connectivity index (χ3v) is 5.77. The van der Waals surface area contributed by atoms with Crippen LogP contribution >= 0.6 is 11.3 Å². The number of thiophene rings is 1. The van der Waals surface area contributed by atoms with Crippen molar-refractivity contribution in [2.75, 3.05) is 13.1 Å². The molecule has 2 nitrogen and oxygen atoms in total. The number of hydrogen-bond acceptors (Lipinski definition) is 3. The van der Waals surface area contributed by atoms with Crippen LogP contribution in [-0.2, 0) is 0 Å². The second-order valence-corrected chi connectivity index (χ2v) is 8.13. The van der Waals surface area contributed by atoms with E-state index >= 15 is 0 Å². The van der Waals surface area contributed by atoms with Gasteiger partial charge >= 0.3 is 0 Å². The van der Waals surface area contributed by atoms with Gasteiger partial charge in [-0.25, -0.2) is 0 Å². The van der Waals surface area contributed by atoms with Gasteiger partial charge in [0.1, 0.15) is 0 Å². The average molecular weight is 292 g/mol. The molecule has 2 aliphatic carbocycles. The van der Waals surface area contributed by atoms with Crippen LogP contribution in [0.25, 0.3) is 0 Å². The summed E-state index contributed by atoms with van der Waals surface area (Å²) in [6, 6.07) is 5.28. The molecule has 2 aliphatic rings. The van der Waals surface area contributed by atoms with Crippen molar-refractivity contribution in [2.24, 2.45) is 17.6 Å². The van der Waals surface area contributed by atoms with E-state index in [-0.39, 0.29) is 6.04 Å². The van der Waals surface area contributed by atoms with Crippen LogP contribution in [0.15, 0.2) is 12.1 Å². The number of aryl methyl sites for hydroxylation is 1. The van der Waals surface area contributed by atoms with Gasteiger partial charge in [-0.2, -0.15) is 0 Å². The molecule has 0 aromatic carbocycles. The lowest BCUT2D eigenvalue weighted by atomic mass is 10.0. The summed E-state index contributed by atoms with van der Waals surface area (Å²) in [6.07, 6.45) is 6.78. The molecule has 0 amide bonds. The largest absolute Gasteiger partial charge is 0.326 e. The zero-order chi connectivity index (χ0) is 14.1. The van der Waals surface area contributed by atoms with Gasteiger partial charge in [-0.1, -0.05) is 6.92 Å². The van der Waals surface area contributed by atoms with Gasteiger partial charge in [0.05, 0.1) is 6.04 Å². The Balaban J connectivity index is 1.79. The molecule has 2 atom stereocenters. The van der Waals surface area contributed by atoms with Crippen LogP contribution in [-0.4, -0.2) is 24.0 Å². The van der Waals surface area contributed by atoms with Crippen molar-refractivity contribution in [3.05, 3.63) is 21.9 Å². The lowest BCUT2D eigenvalue weighted by molar-refractivity contribution is 0.157. The maximum atomic E-state index is 6.52. The van der Waals surface area contributed by atoms with Gasteiger partial charge in [0.15, 0.2) is 0 Å². The maximum absolute atomic E-state index is 6.52. The summed E-state index contributed by atoms with van der Waals surface area (Å²) in [5.74, 6) is 1.89. The van der Waals surface area contributed by atoms with Gasteiger partial charge in [-0.3, -0.25) is 4.90 Å². The smallest absolute Gasteiger partial charge is 0.0593 e. The number of rotatable bonds is 8. The van der Waals surface area contributed by atoms with E-state index in [1.54, 1.807) is 0 Å². The van der Waals surface area contributed by atoms with Crippen molar-refractivity contribution in [1.82, 2.24) is 4.90 Å². The monoisotopic (exact) mass is 292 g/mol. The summed E-state index contributed by atoms with van der Waals surface area (Å²) in [6.45, 7) is 6.97. The lowest BCUT2D eigenvalue weighted by Gasteiger charge is -2.35. The normalized spacial score (nSPS) is 22.2. The van der Waals surface area contributed by atoms with Crippen LogP contribution in [0.4, 0.5) is 0 Å². The van der Waals surface area contributed by atoms with E-state index in [0.717, 1.165) is 18.3 Å². The first-order valence-electron chi connectivity index (χ1n) is 8.23. The minimum atomic E-state index is 0.269. The van der Waals surface area contributed by atoms with E-state index in [1.165, 1.54) is 48.5 Å². The van der Waals surface area contributed by atoms with Crippen molar-refractivity contribution in [1.29, 1.82) is 0 Å². The Kier molecular flexibility index (Phi) is 4.49. The van der Waals surface area contributed by atoms with Crippen LogP contribution in [0.3, 0.4) is 0 Å². The predicted octanol–water partition coefficient (Wildman–Crippen LogP) is 3.96. The van der Waals surface area contributed by atoms with E-state index in [0.29, 0.717) is 6.04 Å². The third kappa shape index (κ3) is 3.63. The summed E-state index contributed by atoms with van der Waals surface area (Å²) < 4.78 is 0. The van der Waals surface area contributed by atoms with Gasteiger partial charge in [0.2, 0.25) is 0 Å². The van der Waals surface area contributed by atoms with Crippen LogP contribution in [0, 0.1) is 18.8 Å². The molecule has 1 aromatic heterocycles. The van der Waals surface area contributed by atoms with E-state index in [9.17, 15) is 0 Å². The van der Waals surface area contributed by atoms with Crippen LogP contribution < -0.4 is 5.73 Å². The van der Waals surface area contributed by atoms with Crippen molar-refractivity contribution in [3.8, 4) is 0 Å². The fourth-order valence-electron chi connectivity index (χ4n) is 3.06. The molecular weight excluding hydrogens is 264 g/mol. The quantitative estimate of drug-likeness (QED) is 0.786. The molecule has 0 radical (unpaired) electrons. The molecule has 2 N–H and O–H groups in total. The first-order chi connectivity index (χ1) is 9.67. The van der Waals surface area contributed by atoms with E-state index in [4.69, 9.17) is 5.73 Å². The fraction of sp³-hybridized carbons (Fsp3) is 0.765. The summed E-state index contributed by atoms with van der Waals surface area (Å²) in [4.78, 5) is 5.62. The Labute approximate surface area is 127 Å². The lowest BCUT2D eigenvalue weighted by Crippen LogP contribution is -2.42. The molecule has 0 spiro atoms. The molecule has 3 heteroatoms. The summed E-state index contributed by atoms with van der Waals surface area (Å²) in [5, 5.41) is 0. The highest BCUT2D eigenvalue weighted by molar-refractivity contribution is 7.12. The Morgan fingerprint density at radius 1 is 1.20 bits per heavy atom. The van der Waals surface area contributed by atoms with Crippen molar-refractivity contribution < 1.29 is 0 Å². The predicted molar refractivity (Wildman–Crippen MR) is 87.1 cm³/mol. The zero-order valence-electron chi connectivity index (χ0n) is 12.8. The third-order valence-electron chi connectivity index (χ3n) is 4.70. The number of nitrogens with two attached hydrogens (primary N) is 1. The molecule has 0 aliphatic heterocycles. The average Bonchev–Trinajstić information content (AvgIpc) is 3.34. The number of nitrogens with zero attached hydrogens (tertiary/aromatic N) is 1. The van der Waals surface area contributed by atoms with Gasteiger partial charge < -0.3 is 5.73 Å². The fourth-order valence-corrected chi connectivity index (χ4v) is 4.15. The van der Waals surface area contributed by atoms with Crippen LogP contribution in [0.2, 0.25) is 0 Å². The van der Waals surface area contributed by atoms with Gasteiger partial charge in [0.25, 0.3) is 0 Å². The highest BCUT2D eigenvalue weighted by atomic mass is 32.1. The molecule has 3 rings (SSSR count). The molecule has 112 valence electrons. The van der Waals surface area contributed by atoms with E-state index in [2.05, 4.69) is 30.9 Å². The minimum absolute atomic E-state index is 0.269. The van der Waals surface area contributed by atoms with E-state index < -0.39 is 0 Å². The van der Waals surface area contributed by atoms with E-state index in [1.807, 2.05) is 11.3 Å². The highest BCUT2D eigenvalue weighted by Gasteiger charge is 2.35. The Bertz CT molecular complexity index is 420. The molecule has 2 saturated carbocycles. The topological polar surface area (TPSA) is 29.3 Å². The molecule has 1 heterocycles. The minimum Gasteiger partial charge on any atom is -0.326 e. The van der Waals surface area contributed by atoms with Gasteiger partial charge in [0, 0.05) is 28.9 Å². The van der Waals surface area contributed by atoms with Crippen LogP contribution in [0.1, 0.15) is 54.8 Å². The van der Waals surface area contributed by atoms with Gasteiger partial charge in [-0.05, 0) is 63.0 Å². The van der Waals surface area contributed by atoms with Crippen LogP contribution in [0.5, 0.6) is 0 Å². The van der Waals surface area contributed by atoms with Crippen molar-refractivity contribution >= 4 is 11.3 Å². The summed E-state index contributed by atoms with van der Waals surface area (Å²) >= 11 is 1.94. The SMILES string of the molecule is CCC(N)C(c1ccc(C)s1)N(CC1CC1)CC1CC1. The molecule has 20 heavy (non-hydrogen) atoms. The maximum Gasteiger partial charge on any atom is 0.0593 e. The Hall–Kier alpha value is -0.380. The molecule has 0 saturated heterocycles. The Morgan fingerprint density at radius 3 is 2.20 bits per heavy atom. The first kappa shape index (κ1) is 14.6. The Morgan fingerprint density at radius 2 is 1.80 bits per heavy atom. The molecule has 2 fully saturated rings. The first-order valence-corrected chi connectivity index (χ1v) is 9.05. The summed E-state index contributed by atoms with van der Waals surface area (Å²) in [7, 11) is 0.